The number of benzene rings is 5. The summed E-state index contributed by atoms with van der Waals surface area (Å²) in [6, 6.07) is 1.74. The van der Waals surface area contributed by atoms with Crippen LogP contribution >= 0.6 is 0 Å². The number of aromatic nitrogens is 2. The van der Waals surface area contributed by atoms with Crippen molar-refractivity contribution in [3.63, 3.8) is 0 Å². The van der Waals surface area contributed by atoms with Crippen molar-refractivity contribution in [1.82, 2.24) is 4.98 Å². The van der Waals surface area contributed by atoms with Gasteiger partial charge in [0.15, 0.2) is 18.9 Å². The van der Waals surface area contributed by atoms with Crippen molar-refractivity contribution in [2.24, 2.45) is 0 Å². The third-order valence-electron chi connectivity index (χ3n) is 11.7. The van der Waals surface area contributed by atoms with E-state index in [1.165, 1.54) is 36.9 Å². The number of aryl methyl sites for hydroxylation is 1. The van der Waals surface area contributed by atoms with Gasteiger partial charge in [-0.25, -0.2) is 4.98 Å². The summed E-state index contributed by atoms with van der Waals surface area (Å²) in [6.07, 6.45) is -42.4. The van der Waals surface area contributed by atoms with Crippen LogP contribution in [0.15, 0.2) is 122 Å². The minimum Gasteiger partial charge on any atom is -0.249 e. The monoisotopic (exact) mass is 1120 g/mol. The molecule has 0 radical (unpaired) electrons. The third-order valence-corrected chi connectivity index (χ3v) is 11.7. The van der Waals surface area contributed by atoms with E-state index in [1.54, 1.807) is 0 Å². The number of nitrogens with zero attached hydrogens (tertiary/aromatic N) is 2. The Labute approximate surface area is 414 Å². The summed E-state index contributed by atoms with van der Waals surface area (Å²) in [4.78, 5) is 4.46. The molecule has 0 bridgehead atoms. The average Bonchev–Trinajstić information content (AvgIpc) is 3.29. The first-order chi connectivity index (χ1) is 34.6. The van der Waals surface area contributed by atoms with Gasteiger partial charge in [-0.15, -0.1) is 0 Å². The fourth-order valence-electron chi connectivity index (χ4n) is 8.31. The highest BCUT2D eigenvalue weighted by atomic mass is 19.4. The van der Waals surface area contributed by atoms with Gasteiger partial charge in [-0.1, -0.05) is 105 Å². The van der Waals surface area contributed by atoms with Gasteiger partial charge in [0.2, 0.25) is 0 Å². The molecule has 76 heavy (non-hydrogen) atoms. The first-order valence-corrected chi connectivity index (χ1v) is 21.9. The molecule has 0 aliphatic carbocycles. The molecular formula is C49H35BF24N2. The molecule has 1 heterocycles. The highest BCUT2D eigenvalue weighted by Gasteiger charge is 2.47. The second-order valence-corrected chi connectivity index (χ2v) is 17.2. The minimum absolute atomic E-state index is 0.691. The predicted octanol–water partition coefficient (Wildman–Crippen LogP) is 14.8. The van der Waals surface area contributed by atoms with Crippen LogP contribution in [0.3, 0.4) is 0 Å². The first-order valence-electron chi connectivity index (χ1n) is 21.9. The molecule has 6 rings (SSSR count). The Kier molecular flexibility index (Phi) is 17.4. The SMILES string of the molecule is CCCCCCc1c[n+](Cc2ccccc2)ccn1.FC(F)(F)c1cc([B-](c2cc(C(F)(F)F)cc(C(F)(F)F)c2)(c2cc(C(F)(F)F)cc(C(F)(F)F)c2)c2cc(C(F)(F)F)cc(C(F)(F)F)c2)cc(C(F)(F)F)c1. The molecule has 0 spiro atoms. The van der Waals surface area contributed by atoms with E-state index in [4.69, 9.17) is 0 Å². The normalized spacial score (nSPS) is 13.4. The van der Waals surface area contributed by atoms with Crippen LogP contribution in [0.25, 0.3) is 0 Å². The Morgan fingerprint density at radius 3 is 0.934 bits per heavy atom. The maximum Gasteiger partial charge on any atom is 0.416 e. The van der Waals surface area contributed by atoms with Gasteiger partial charge in [0.1, 0.15) is 11.8 Å². The second kappa shape index (κ2) is 21.9. The van der Waals surface area contributed by atoms with Crippen LogP contribution in [-0.2, 0) is 62.4 Å². The molecule has 0 fully saturated rings. The third kappa shape index (κ3) is 14.9. The summed E-state index contributed by atoms with van der Waals surface area (Å²) in [5.41, 5.74) is -27.7. The molecular weight excluding hydrogens is 1080 g/mol. The van der Waals surface area contributed by atoms with E-state index in [-0.39, 0.29) is 0 Å². The molecule has 0 amide bonds. The fraction of sp³-hybridized carbons (Fsp3) is 0.306. The zero-order chi connectivity index (χ0) is 57.3. The van der Waals surface area contributed by atoms with Crippen LogP contribution in [0.2, 0.25) is 0 Å². The number of unbranched alkanes of at least 4 members (excludes halogenated alkanes) is 3. The van der Waals surface area contributed by atoms with E-state index in [9.17, 15) is 105 Å². The van der Waals surface area contributed by atoms with Gasteiger partial charge in [-0.05, 0) is 37.1 Å². The highest BCUT2D eigenvalue weighted by molar-refractivity contribution is 7.20. The molecule has 0 saturated carbocycles. The molecule has 2 nitrogen and oxygen atoms in total. The van der Waals surface area contributed by atoms with Crippen molar-refractivity contribution in [2.45, 2.75) is 95.0 Å². The quantitative estimate of drug-likeness (QED) is 0.0547. The Hall–Kier alpha value is -6.44. The zero-order valence-corrected chi connectivity index (χ0v) is 38.3. The summed E-state index contributed by atoms with van der Waals surface area (Å²) in [5.74, 6) is 0. The fourth-order valence-corrected chi connectivity index (χ4v) is 8.31. The van der Waals surface area contributed by atoms with E-state index >= 15 is 0 Å². The molecule has 0 aliphatic heterocycles. The van der Waals surface area contributed by atoms with Gasteiger partial charge in [-0.3, -0.25) is 0 Å². The molecule has 0 N–H and O–H groups in total. The van der Waals surface area contributed by atoms with Gasteiger partial charge >= 0.3 is 49.4 Å². The van der Waals surface area contributed by atoms with Crippen LogP contribution in [0.5, 0.6) is 0 Å². The van der Waals surface area contributed by atoms with Crippen molar-refractivity contribution < 1.29 is 110 Å². The topological polar surface area (TPSA) is 16.8 Å². The van der Waals surface area contributed by atoms with Crippen molar-refractivity contribution >= 4 is 28.0 Å². The highest BCUT2D eigenvalue weighted by Crippen LogP contribution is 2.41. The van der Waals surface area contributed by atoms with E-state index in [0.29, 0.717) is 0 Å². The maximum atomic E-state index is 14.2. The minimum atomic E-state index is -6.13. The molecule has 0 aliphatic rings. The lowest BCUT2D eigenvalue weighted by atomic mass is 9.12. The van der Waals surface area contributed by atoms with Gasteiger partial charge < -0.3 is 0 Å². The summed E-state index contributed by atoms with van der Waals surface area (Å²) in [6.45, 7) is 3.17. The smallest absolute Gasteiger partial charge is 0.249 e. The lowest BCUT2D eigenvalue weighted by Gasteiger charge is -2.46. The van der Waals surface area contributed by atoms with Gasteiger partial charge in [-0.2, -0.15) is 132 Å². The van der Waals surface area contributed by atoms with E-state index in [0.717, 1.165) is 13.0 Å². The van der Waals surface area contributed by atoms with Crippen LogP contribution in [0.1, 0.15) is 88.4 Å². The Bertz CT molecular complexity index is 2510. The lowest BCUT2D eigenvalue weighted by molar-refractivity contribution is -0.689. The molecule has 412 valence electrons. The largest absolute Gasteiger partial charge is 0.416 e. The predicted molar refractivity (Wildman–Crippen MR) is 228 cm³/mol. The Morgan fingerprint density at radius 2 is 0.671 bits per heavy atom. The number of rotatable bonds is 11. The van der Waals surface area contributed by atoms with Gasteiger partial charge in [0, 0.05) is 5.56 Å². The van der Waals surface area contributed by atoms with Crippen molar-refractivity contribution in [3.05, 3.63) is 177 Å². The summed E-state index contributed by atoms with van der Waals surface area (Å²) >= 11 is 0. The first kappa shape index (κ1) is 60.4. The van der Waals surface area contributed by atoms with Crippen LogP contribution in [-0.4, -0.2) is 11.1 Å². The van der Waals surface area contributed by atoms with Crippen molar-refractivity contribution in [2.75, 3.05) is 0 Å². The zero-order valence-electron chi connectivity index (χ0n) is 38.3. The molecule has 0 saturated heterocycles. The second-order valence-electron chi connectivity index (χ2n) is 17.2. The molecule has 0 atom stereocenters. The van der Waals surface area contributed by atoms with Crippen LogP contribution < -0.4 is 26.4 Å². The molecule has 5 aromatic carbocycles. The molecule has 0 unspecified atom stereocenters. The number of hydrogen-bond donors (Lipinski definition) is 0. The van der Waals surface area contributed by atoms with Crippen LogP contribution in [0, 0.1) is 0 Å². The molecule has 6 aromatic rings. The summed E-state index contributed by atoms with van der Waals surface area (Å²) in [5, 5.41) is 0. The van der Waals surface area contributed by atoms with Crippen molar-refractivity contribution in [1.29, 1.82) is 0 Å². The summed E-state index contributed by atoms with van der Waals surface area (Å²) < 4.78 is 343. The average molecular weight is 1120 g/mol. The number of alkyl halides is 24. The van der Waals surface area contributed by atoms with Crippen molar-refractivity contribution in [3.8, 4) is 0 Å². The Balaban J connectivity index is 0.000000468. The van der Waals surface area contributed by atoms with Crippen LogP contribution in [0.4, 0.5) is 105 Å². The van der Waals surface area contributed by atoms with E-state index in [2.05, 4.69) is 53.0 Å². The molecule has 27 heteroatoms. The maximum absolute atomic E-state index is 14.2. The molecule has 1 aromatic heterocycles. The lowest BCUT2D eigenvalue weighted by Crippen LogP contribution is -2.75. The van der Waals surface area contributed by atoms with E-state index in [1.807, 2.05) is 12.4 Å². The number of hydrogen-bond acceptors (Lipinski definition) is 1. The Morgan fingerprint density at radius 1 is 0.382 bits per heavy atom. The van der Waals surface area contributed by atoms with Gasteiger partial charge in [0.25, 0.3) is 0 Å². The van der Waals surface area contributed by atoms with E-state index < -0.39 is 195 Å². The van der Waals surface area contributed by atoms with Gasteiger partial charge in [0.05, 0.1) is 50.7 Å². The number of halogens is 24. The standard InChI is InChI=1S/C32H12BF24.C17H23N2/c34-25(35,36)13-1-14(26(37,38)39)6-21(5-13)33(22-7-15(27(40,41)42)2-16(8-22)28(43,44)45,23-9-17(29(46,47)48)3-18(10-23)30(49,50)51)24-11-19(31(52,53)54)4-20(12-24)32(55,56)57;1-2-3-4-8-11-17-15-19(13-12-18-17)14-16-9-6-5-7-10-16/h1-12H;5-7,9-10,12-13,15H,2-4,8,11,14H2,1H3/q-1;+1. The summed E-state index contributed by atoms with van der Waals surface area (Å²) in [7, 11) is 0.